The predicted molar refractivity (Wildman–Crippen MR) is 102 cm³/mol. The summed E-state index contributed by atoms with van der Waals surface area (Å²) in [6.45, 7) is 13.2. The first-order valence-electron chi connectivity index (χ1n) is 9.37. The fourth-order valence-corrected chi connectivity index (χ4v) is 3.72. The molecular weight excluding hydrogens is 343 g/mol. The third kappa shape index (κ3) is 5.09. The Morgan fingerprint density at radius 2 is 2.11 bits per heavy atom. The van der Waals surface area contributed by atoms with Crippen LogP contribution in [0.15, 0.2) is 36.5 Å². The average molecular weight is 368 g/mol. The number of benzene rings is 1. The molecule has 1 saturated heterocycles. The summed E-state index contributed by atoms with van der Waals surface area (Å²) in [7, 11) is 0. The quantitative estimate of drug-likeness (QED) is 0.660. The second-order valence-electron chi connectivity index (χ2n) is 7.20. The standard InChI is InChI=1S/C21H25FN4O/c1-3-27-16-21(10-8-17-4-6-18(22)7-5-17)11-13-26(15-21)14-20-19(23-2)9-12-24-25-20/h4-7,9,12H,3,8,10-11,13-16H2,1H3. The van der Waals surface area contributed by atoms with Gasteiger partial charge in [-0.2, -0.15) is 10.2 Å². The predicted octanol–water partition coefficient (Wildman–Crippen LogP) is 4.03. The van der Waals surface area contributed by atoms with Crippen LogP contribution >= 0.6 is 0 Å². The highest BCUT2D eigenvalue weighted by molar-refractivity contribution is 5.47. The van der Waals surface area contributed by atoms with E-state index in [0.29, 0.717) is 18.8 Å². The third-order valence-electron chi connectivity index (χ3n) is 5.25. The molecule has 0 radical (unpaired) electrons. The van der Waals surface area contributed by atoms with E-state index in [1.807, 2.05) is 19.1 Å². The van der Waals surface area contributed by atoms with Crippen LogP contribution in [0, 0.1) is 17.8 Å². The van der Waals surface area contributed by atoms with Crippen molar-refractivity contribution in [2.24, 2.45) is 5.41 Å². The SMILES string of the molecule is [C-]#[N+]c1ccnnc1CN1CCC(CCc2ccc(F)cc2)(COCC)C1. The van der Waals surface area contributed by atoms with Gasteiger partial charge in [0.1, 0.15) is 5.82 Å². The molecule has 2 aromatic rings. The van der Waals surface area contributed by atoms with E-state index in [1.54, 1.807) is 12.3 Å². The average Bonchev–Trinajstić information content (AvgIpc) is 3.09. The van der Waals surface area contributed by atoms with Crippen molar-refractivity contribution in [3.05, 3.63) is 65.0 Å². The van der Waals surface area contributed by atoms with Gasteiger partial charge in [-0.3, -0.25) is 4.90 Å². The topological polar surface area (TPSA) is 42.6 Å². The summed E-state index contributed by atoms with van der Waals surface area (Å²) >= 11 is 0. The molecule has 1 aromatic heterocycles. The lowest BCUT2D eigenvalue weighted by atomic mass is 9.82. The second-order valence-corrected chi connectivity index (χ2v) is 7.20. The smallest absolute Gasteiger partial charge is 0.212 e. The van der Waals surface area contributed by atoms with Gasteiger partial charge >= 0.3 is 0 Å². The molecule has 1 aliphatic rings. The van der Waals surface area contributed by atoms with Gasteiger partial charge in [0.25, 0.3) is 0 Å². The lowest BCUT2D eigenvalue weighted by Gasteiger charge is -2.29. The Morgan fingerprint density at radius 1 is 1.30 bits per heavy atom. The number of nitrogens with zero attached hydrogens (tertiary/aromatic N) is 4. The van der Waals surface area contributed by atoms with E-state index < -0.39 is 0 Å². The van der Waals surface area contributed by atoms with Gasteiger partial charge in [-0.25, -0.2) is 9.24 Å². The minimum Gasteiger partial charge on any atom is -0.381 e. The fraction of sp³-hybridized carbons (Fsp3) is 0.476. The molecule has 142 valence electrons. The number of ether oxygens (including phenoxy) is 1. The fourth-order valence-electron chi connectivity index (χ4n) is 3.72. The highest BCUT2D eigenvalue weighted by atomic mass is 19.1. The molecule has 1 unspecified atom stereocenters. The Hall–Kier alpha value is -2.36. The zero-order chi connectivity index (χ0) is 19.1. The molecule has 0 bridgehead atoms. The van der Waals surface area contributed by atoms with Crippen LogP contribution in [-0.2, 0) is 17.7 Å². The van der Waals surface area contributed by atoms with E-state index in [1.165, 1.54) is 12.1 Å². The second kappa shape index (κ2) is 9.03. The molecule has 1 fully saturated rings. The van der Waals surface area contributed by atoms with Crippen molar-refractivity contribution >= 4 is 5.69 Å². The van der Waals surface area contributed by atoms with Crippen molar-refractivity contribution in [2.45, 2.75) is 32.7 Å². The molecule has 0 amide bonds. The van der Waals surface area contributed by atoms with Crippen molar-refractivity contribution in [3.63, 3.8) is 0 Å². The number of rotatable bonds is 8. The number of aromatic nitrogens is 2. The first kappa shape index (κ1) is 19.4. The number of hydrogen-bond donors (Lipinski definition) is 0. The molecule has 3 rings (SSSR count). The lowest BCUT2D eigenvalue weighted by Crippen LogP contribution is -2.32. The van der Waals surface area contributed by atoms with Gasteiger partial charge in [0, 0.05) is 31.3 Å². The van der Waals surface area contributed by atoms with E-state index in [9.17, 15) is 4.39 Å². The van der Waals surface area contributed by atoms with Crippen molar-refractivity contribution in [2.75, 3.05) is 26.3 Å². The minimum absolute atomic E-state index is 0.0743. The Kier molecular flexibility index (Phi) is 6.49. The van der Waals surface area contributed by atoms with Crippen LogP contribution in [0.1, 0.15) is 31.0 Å². The molecule has 6 heteroatoms. The summed E-state index contributed by atoms with van der Waals surface area (Å²) in [6.07, 6.45) is 4.50. The molecule has 0 N–H and O–H groups in total. The van der Waals surface area contributed by atoms with Gasteiger partial charge in [-0.1, -0.05) is 12.1 Å². The zero-order valence-electron chi connectivity index (χ0n) is 15.7. The van der Waals surface area contributed by atoms with Crippen LogP contribution in [0.4, 0.5) is 10.1 Å². The number of halogens is 1. The van der Waals surface area contributed by atoms with Crippen LogP contribution < -0.4 is 0 Å². The van der Waals surface area contributed by atoms with Gasteiger partial charge in [0.05, 0.1) is 18.9 Å². The van der Waals surface area contributed by atoms with Crippen LogP contribution in [-0.4, -0.2) is 41.4 Å². The summed E-state index contributed by atoms with van der Waals surface area (Å²) in [5.74, 6) is -0.200. The summed E-state index contributed by atoms with van der Waals surface area (Å²) in [5, 5.41) is 8.08. The van der Waals surface area contributed by atoms with Crippen LogP contribution in [0.25, 0.3) is 4.85 Å². The molecule has 1 aromatic carbocycles. The maximum Gasteiger partial charge on any atom is 0.212 e. The molecule has 0 spiro atoms. The normalized spacial score (nSPS) is 19.9. The Balaban J connectivity index is 1.66. The van der Waals surface area contributed by atoms with Gasteiger partial charge in [-0.15, -0.1) is 0 Å². The molecule has 27 heavy (non-hydrogen) atoms. The van der Waals surface area contributed by atoms with Gasteiger partial charge in [-0.05, 0) is 56.5 Å². The molecule has 1 atom stereocenters. The number of likely N-dealkylation sites (tertiary alicyclic amines) is 1. The third-order valence-corrected chi connectivity index (χ3v) is 5.25. The summed E-state index contributed by atoms with van der Waals surface area (Å²) in [4.78, 5) is 5.88. The van der Waals surface area contributed by atoms with Gasteiger partial charge < -0.3 is 4.74 Å². The van der Waals surface area contributed by atoms with Gasteiger partial charge in [0.2, 0.25) is 5.69 Å². The van der Waals surface area contributed by atoms with Gasteiger partial charge in [0.15, 0.2) is 0 Å². The Bertz CT molecular complexity index is 790. The van der Waals surface area contributed by atoms with E-state index in [4.69, 9.17) is 11.3 Å². The molecular formula is C21H25FN4O. The van der Waals surface area contributed by atoms with E-state index in [2.05, 4.69) is 19.9 Å². The summed E-state index contributed by atoms with van der Waals surface area (Å²) in [6, 6.07) is 8.47. The number of aryl methyl sites for hydroxylation is 1. The monoisotopic (exact) mass is 368 g/mol. The first-order valence-corrected chi connectivity index (χ1v) is 9.37. The first-order chi connectivity index (χ1) is 13.1. The molecule has 0 saturated carbocycles. The van der Waals surface area contributed by atoms with Crippen molar-refractivity contribution in [3.8, 4) is 0 Å². The summed E-state index contributed by atoms with van der Waals surface area (Å²) < 4.78 is 18.9. The van der Waals surface area contributed by atoms with Crippen molar-refractivity contribution in [1.82, 2.24) is 15.1 Å². The molecule has 0 aliphatic carbocycles. The molecule has 2 heterocycles. The number of hydrogen-bond acceptors (Lipinski definition) is 4. The van der Waals surface area contributed by atoms with Crippen LogP contribution in [0.3, 0.4) is 0 Å². The molecule has 1 aliphatic heterocycles. The minimum atomic E-state index is -0.200. The van der Waals surface area contributed by atoms with Crippen molar-refractivity contribution in [1.29, 1.82) is 0 Å². The van der Waals surface area contributed by atoms with Crippen LogP contribution in [0.5, 0.6) is 0 Å². The van der Waals surface area contributed by atoms with Crippen LogP contribution in [0.2, 0.25) is 0 Å². The zero-order valence-corrected chi connectivity index (χ0v) is 15.7. The lowest BCUT2D eigenvalue weighted by molar-refractivity contribution is 0.0488. The highest BCUT2D eigenvalue weighted by Gasteiger charge is 2.38. The maximum atomic E-state index is 13.1. The largest absolute Gasteiger partial charge is 0.381 e. The van der Waals surface area contributed by atoms with E-state index in [0.717, 1.165) is 50.2 Å². The Labute approximate surface area is 160 Å². The van der Waals surface area contributed by atoms with E-state index in [-0.39, 0.29) is 11.2 Å². The van der Waals surface area contributed by atoms with Crippen molar-refractivity contribution < 1.29 is 9.13 Å². The maximum absolute atomic E-state index is 13.1. The molecule has 5 nitrogen and oxygen atoms in total. The van der Waals surface area contributed by atoms with E-state index >= 15 is 0 Å². The highest BCUT2D eigenvalue weighted by Crippen LogP contribution is 2.37. The Morgan fingerprint density at radius 3 is 2.85 bits per heavy atom. The summed E-state index contributed by atoms with van der Waals surface area (Å²) in [5.41, 5.74) is 2.53.